The van der Waals surface area contributed by atoms with Crippen LogP contribution in [0.5, 0.6) is 0 Å². The van der Waals surface area contributed by atoms with Gasteiger partial charge in [0, 0.05) is 45.1 Å². The third kappa shape index (κ3) is 4.81. The first-order valence-electron chi connectivity index (χ1n) is 11.9. The van der Waals surface area contributed by atoms with Crippen LogP contribution in [-0.2, 0) is 23.0 Å². The van der Waals surface area contributed by atoms with E-state index < -0.39 is 10.0 Å². The SMILES string of the molecule is CCN(CC)S(=O)(=O)c1ccc(Cl)c(C(=O)N2CCCC(c3nnc4n3CCCCC4)C2)c1. The molecule has 1 atom stereocenters. The molecule has 4 rings (SSSR count). The number of hydrogen-bond acceptors (Lipinski definition) is 5. The molecule has 0 saturated carbocycles. The summed E-state index contributed by atoms with van der Waals surface area (Å²) in [5, 5.41) is 9.18. The van der Waals surface area contributed by atoms with Crippen LogP contribution in [0.25, 0.3) is 0 Å². The highest BCUT2D eigenvalue weighted by Gasteiger charge is 2.31. The number of sulfonamides is 1. The summed E-state index contributed by atoms with van der Waals surface area (Å²) in [6, 6.07) is 4.40. The van der Waals surface area contributed by atoms with Crippen LogP contribution >= 0.6 is 11.6 Å². The maximum Gasteiger partial charge on any atom is 0.255 e. The standard InChI is InChI=1S/C23H32ClN5O3S/c1-3-28(4-2)33(31,32)18-11-12-20(24)19(15-18)23(30)27-13-8-9-17(16-27)22-26-25-21-10-6-5-7-14-29(21)22/h11-12,15,17H,3-10,13-14,16H2,1-2H3. The summed E-state index contributed by atoms with van der Waals surface area (Å²) in [5.74, 6) is 1.89. The Hall–Kier alpha value is -1.97. The second kappa shape index (κ2) is 10.1. The van der Waals surface area contributed by atoms with E-state index >= 15 is 0 Å². The smallest absolute Gasteiger partial charge is 0.255 e. The molecule has 0 radical (unpaired) electrons. The minimum atomic E-state index is -3.68. The van der Waals surface area contributed by atoms with Crippen molar-refractivity contribution in [3.63, 3.8) is 0 Å². The summed E-state index contributed by atoms with van der Waals surface area (Å²) in [6.45, 7) is 6.38. The number of aromatic nitrogens is 3. The Balaban J connectivity index is 1.58. The largest absolute Gasteiger partial charge is 0.338 e. The van der Waals surface area contributed by atoms with Gasteiger partial charge in [-0.25, -0.2) is 8.42 Å². The Morgan fingerprint density at radius 1 is 1.12 bits per heavy atom. The molecule has 10 heteroatoms. The van der Waals surface area contributed by atoms with Gasteiger partial charge >= 0.3 is 0 Å². The number of aryl methyl sites for hydroxylation is 1. The minimum absolute atomic E-state index is 0.0929. The summed E-state index contributed by atoms with van der Waals surface area (Å²) in [4.78, 5) is 15.3. The fraction of sp³-hybridized carbons (Fsp3) is 0.609. The number of fused-ring (bicyclic) bond motifs is 1. The molecule has 1 fully saturated rings. The molecule has 0 aliphatic carbocycles. The summed E-state index contributed by atoms with van der Waals surface area (Å²) in [5.41, 5.74) is 0.227. The molecule has 8 nitrogen and oxygen atoms in total. The molecule has 1 amide bonds. The van der Waals surface area contributed by atoms with Gasteiger partial charge in [-0.3, -0.25) is 4.79 Å². The van der Waals surface area contributed by atoms with Crippen LogP contribution < -0.4 is 0 Å². The quantitative estimate of drug-likeness (QED) is 0.612. The van der Waals surface area contributed by atoms with Crippen LogP contribution in [0, 0.1) is 0 Å². The number of carbonyl (C=O) groups excluding carboxylic acids is 1. The van der Waals surface area contributed by atoms with Gasteiger partial charge in [0.1, 0.15) is 11.6 Å². The van der Waals surface area contributed by atoms with Crippen LogP contribution in [0.1, 0.15) is 73.9 Å². The number of piperidine rings is 1. The van der Waals surface area contributed by atoms with Gasteiger partial charge in [0.05, 0.1) is 15.5 Å². The number of likely N-dealkylation sites (tertiary alicyclic amines) is 1. The number of amides is 1. The Labute approximate surface area is 201 Å². The van der Waals surface area contributed by atoms with Gasteiger partial charge in [0.25, 0.3) is 5.91 Å². The Morgan fingerprint density at radius 3 is 2.67 bits per heavy atom. The molecular weight excluding hydrogens is 462 g/mol. The van der Waals surface area contributed by atoms with Gasteiger partial charge in [0.2, 0.25) is 10.0 Å². The van der Waals surface area contributed by atoms with Crippen molar-refractivity contribution in [3.8, 4) is 0 Å². The Kier molecular flexibility index (Phi) is 7.40. The third-order valence-electron chi connectivity index (χ3n) is 6.72. The maximum absolute atomic E-state index is 13.5. The molecule has 3 heterocycles. The fourth-order valence-corrected chi connectivity index (χ4v) is 6.58. The average Bonchev–Trinajstić information content (AvgIpc) is 3.07. The molecule has 2 aliphatic rings. The monoisotopic (exact) mass is 493 g/mol. The number of benzene rings is 1. The zero-order chi connectivity index (χ0) is 23.6. The fourth-order valence-electron chi connectivity index (χ4n) is 4.89. The predicted molar refractivity (Wildman–Crippen MR) is 127 cm³/mol. The van der Waals surface area contributed by atoms with E-state index in [0.29, 0.717) is 26.2 Å². The van der Waals surface area contributed by atoms with Gasteiger partial charge < -0.3 is 9.47 Å². The van der Waals surface area contributed by atoms with Crippen LogP contribution in [0.2, 0.25) is 5.02 Å². The number of hydrogen-bond donors (Lipinski definition) is 0. The van der Waals surface area contributed by atoms with Crippen molar-refractivity contribution in [1.29, 1.82) is 0 Å². The highest BCUT2D eigenvalue weighted by atomic mass is 35.5. The van der Waals surface area contributed by atoms with Gasteiger partial charge in [0.15, 0.2) is 0 Å². The van der Waals surface area contributed by atoms with E-state index in [2.05, 4.69) is 14.8 Å². The Morgan fingerprint density at radius 2 is 1.91 bits per heavy atom. The zero-order valence-corrected chi connectivity index (χ0v) is 20.9. The van der Waals surface area contributed by atoms with Crippen LogP contribution in [0.3, 0.4) is 0 Å². The lowest BCUT2D eigenvalue weighted by molar-refractivity contribution is 0.0703. The third-order valence-corrected chi connectivity index (χ3v) is 9.10. The molecule has 2 aliphatic heterocycles. The molecule has 33 heavy (non-hydrogen) atoms. The molecule has 1 aromatic heterocycles. The number of rotatable bonds is 6. The van der Waals surface area contributed by atoms with Gasteiger partial charge in [-0.15, -0.1) is 10.2 Å². The maximum atomic E-state index is 13.5. The lowest BCUT2D eigenvalue weighted by Crippen LogP contribution is -2.40. The minimum Gasteiger partial charge on any atom is -0.338 e. The van der Waals surface area contributed by atoms with Gasteiger partial charge in [-0.1, -0.05) is 31.9 Å². The first-order valence-corrected chi connectivity index (χ1v) is 13.7. The van der Waals surface area contributed by atoms with E-state index in [1.54, 1.807) is 18.7 Å². The van der Waals surface area contributed by atoms with Crippen LogP contribution in [-0.4, -0.2) is 64.5 Å². The first kappa shape index (κ1) is 24.2. The van der Waals surface area contributed by atoms with E-state index in [4.69, 9.17) is 11.6 Å². The van der Waals surface area contributed by atoms with E-state index in [1.807, 2.05) is 0 Å². The number of halogens is 1. The second-order valence-electron chi connectivity index (χ2n) is 8.76. The summed E-state index contributed by atoms with van der Waals surface area (Å²) in [6.07, 6.45) is 6.21. The van der Waals surface area contributed by atoms with Crippen LogP contribution in [0.15, 0.2) is 23.1 Å². The normalized spacial score (nSPS) is 19.4. The van der Waals surface area contributed by atoms with Crippen molar-refractivity contribution in [3.05, 3.63) is 40.4 Å². The van der Waals surface area contributed by atoms with Gasteiger partial charge in [-0.2, -0.15) is 4.31 Å². The Bertz CT molecular complexity index is 1110. The molecule has 1 unspecified atom stereocenters. The van der Waals surface area contributed by atoms with Crippen LogP contribution in [0.4, 0.5) is 0 Å². The van der Waals surface area contributed by atoms with Crippen molar-refractivity contribution in [2.45, 2.75) is 69.7 Å². The second-order valence-corrected chi connectivity index (χ2v) is 11.1. The molecular formula is C23H32ClN5O3S. The van der Waals surface area contributed by atoms with E-state index in [-0.39, 0.29) is 27.3 Å². The van der Waals surface area contributed by atoms with E-state index in [9.17, 15) is 13.2 Å². The molecule has 1 saturated heterocycles. The van der Waals surface area contributed by atoms with Crippen molar-refractivity contribution < 1.29 is 13.2 Å². The molecule has 0 N–H and O–H groups in total. The zero-order valence-electron chi connectivity index (χ0n) is 19.3. The lowest BCUT2D eigenvalue weighted by Gasteiger charge is -2.33. The summed E-state index contributed by atoms with van der Waals surface area (Å²) in [7, 11) is -3.68. The number of carbonyl (C=O) groups is 1. The van der Waals surface area contributed by atoms with Crippen molar-refractivity contribution in [1.82, 2.24) is 24.0 Å². The predicted octanol–water partition coefficient (Wildman–Crippen LogP) is 3.71. The lowest BCUT2D eigenvalue weighted by atomic mass is 9.96. The number of nitrogens with zero attached hydrogens (tertiary/aromatic N) is 5. The van der Waals surface area contributed by atoms with E-state index in [0.717, 1.165) is 50.3 Å². The highest BCUT2D eigenvalue weighted by Crippen LogP contribution is 2.30. The van der Waals surface area contributed by atoms with E-state index in [1.165, 1.54) is 28.9 Å². The molecule has 2 aromatic rings. The van der Waals surface area contributed by atoms with Crippen molar-refractivity contribution in [2.24, 2.45) is 0 Å². The molecule has 180 valence electrons. The average molecular weight is 494 g/mol. The first-order chi connectivity index (χ1) is 15.9. The summed E-state index contributed by atoms with van der Waals surface area (Å²) < 4.78 is 29.6. The molecule has 1 aromatic carbocycles. The molecule has 0 spiro atoms. The van der Waals surface area contributed by atoms with Crippen molar-refractivity contribution >= 4 is 27.5 Å². The van der Waals surface area contributed by atoms with Crippen molar-refractivity contribution in [2.75, 3.05) is 26.2 Å². The topological polar surface area (TPSA) is 88.4 Å². The van der Waals surface area contributed by atoms with Gasteiger partial charge in [-0.05, 0) is 43.9 Å². The molecule has 0 bridgehead atoms. The highest BCUT2D eigenvalue weighted by molar-refractivity contribution is 7.89. The summed E-state index contributed by atoms with van der Waals surface area (Å²) >= 11 is 6.37.